The molecule has 0 spiro atoms. The number of carboxylic acid groups (broad SMARTS) is 1. The molecular weight excluding hydrogens is 289 g/mol. The maximum atomic E-state index is 13.4. The Balaban J connectivity index is 2.29. The van der Waals surface area contributed by atoms with Crippen LogP contribution in [0.1, 0.15) is 30.6 Å². The maximum absolute atomic E-state index is 13.4. The molecule has 2 rings (SSSR count). The van der Waals surface area contributed by atoms with Crippen molar-refractivity contribution in [1.29, 1.82) is 0 Å². The van der Waals surface area contributed by atoms with Gasteiger partial charge in [0.15, 0.2) is 0 Å². The molecule has 0 bridgehead atoms. The van der Waals surface area contributed by atoms with Crippen LogP contribution in [0.15, 0.2) is 18.2 Å². The summed E-state index contributed by atoms with van der Waals surface area (Å²) in [4.78, 5) is 25.7. The molecule has 1 fully saturated rings. The van der Waals surface area contributed by atoms with Crippen molar-refractivity contribution in [3.63, 3.8) is 0 Å². The highest BCUT2D eigenvalue weighted by Crippen LogP contribution is 2.39. The second kappa shape index (κ2) is 5.94. The number of ether oxygens (including phenoxy) is 1. The number of likely N-dealkylation sites (tertiary alicyclic amines) is 1. The first-order valence-corrected chi connectivity index (χ1v) is 7.18. The molecule has 1 unspecified atom stereocenters. The Morgan fingerprint density at radius 1 is 1.41 bits per heavy atom. The standard InChI is InChI=1S/C16H20FNO4/c1-10(2)16(15(20)21)6-7-18(9-16)14(19)12-8-11(17)4-5-13(12)22-3/h4-5,8,10H,6-7,9H2,1-3H3,(H,20,21). The van der Waals surface area contributed by atoms with E-state index < -0.39 is 23.1 Å². The molecule has 1 amide bonds. The van der Waals surface area contributed by atoms with Gasteiger partial charge in [0.05, 0.1) is 18.1 Å². The molecule has 1 aromatic rings. The van der Waals surface area contributed by atoms with Gasteiger partial charge in [-0.15, -0.1) is 0 Å². The summed E-state index contributed by atoms with van der Waals surface area (Å²) in [5.74, 6) is -1.65. The van der Waals surface area contributed by atoms with E-state index in [4.69, 9.17) is 4.74 Å². The summed E-state index contributed by atoms with van der Waals surface area (Å²) in [7, 11) is 1.41. The fourth-order valence-electron chi connectivity index (χ4n) is 2.92. The average Bonchev–Trinajstić information content (AvgIpc) is 2.93. The van der Waals surface area contributed by atoms with Crippen LogP contribution in [0.2, 0.25) is 0 Å². The van der Waals surface area contributed by atoms with Crippen LogP contribution in [0, 0.1) is 17.2 Å². The monoisotopic (exact) mass is 309 g/mol. The summed E-state index contributed by atoms with van der Waals surface area (Å²) in [5, 5.41) is 9.53. The van der Waals surface area contributed by atoms with Gasteiger partial charge in [-0.3, -0.25) is 9.59 Å². The summed E-state index contributed by atoms with van der Waals surface area (Å²) >= 11 is 0. The zero-order valence-corrected chi connectivity index (χ0v) is 12.9. The lowest BCUT2D eigenvalue weighted by molar-refractivity contribution is -0.150. The number of halogens is 1. The van der Waals surface area contributed by atoms with E-state index in [-0.39, 0.29) is 23.8 Å². The number of hydrogen-bond acceptors (Lipinski definition) is 3. The maximum Gasteiger partial charge on any atom is 0.311 e. The first-order valence-electron chi connectivity index (χ1n) is 7.18. The van der Waals surface area contributed by atoms with Crippen molar-refractivity contribution in [1.82, 2.24) is 4.90 Å². The molecule has 1 aliphatic heterocycles. The normalized spacial score (nSPS) is 21.2. The third-order valence-corrected chi connectivity index (χ3v) is 4.51. The van der Waals surface area contributed by atoms with Gasteiger partial charge in [-0.1, -0.05) is 13.8 Å². The Kier molecular flexibility index (Phi) is 4.39. The molecule has 120 valence electrons. The highest BCUT2D eigenvalue weighted by atomic mass is 19.1. The third-order valence-electron chi connectivity index (χ3n) is 4.51. The molecule has 0 aliphatic carbocycles. The van der Waals surface area contributed by atoms with Crippen LogP contribution in [0.5, 0.6) is 5.75 Å². The van der Waals surface area contributed by atoms with Crippen LogP contribution < -0.4 is 4.74 Å². The van der Waals surface area contributed by atoms with E-state index in [2.05, 4.69) is 0 Å². The quantitative estimate of drug-likeness (QED) is 0.927. The number of aliphatic carboxylic acids is 1. The summed E-state index contributed by atoms with van der Waals surface area (Å²) < 4.78 is 18.5. The highest BCUT2D eigenvalue weighted by molar-refractivity contribution is 5.97. The van der Waals surface area contributed by atoms with E-state index in [1.165, 1.54) is 24.1 Å². The third kappa shape index (κ3) is 2.65. The van der Waals surface area contributed by atoms with E-state index in [1.54, 1.807) is 0 Å². The van der Waals surface area contributed by atoms with E-state index in [9.17, 15) is 19.1 Å². The number of amides is 1. The Bertz CT molecular complexity index is 602. The second-order valence-electron chi connectivity index (χ2n) is 5.94. The first kappa shape index (κ1) is 16.3. The van der Waals surface area contributed by atoms with Crippen molar-refractivity contribution < 1.29 is 23.8 Å². The molecule has 1 aromatic carbocycles. The van der Waals surface area contributed by atoms with Crippen LogP contribution >= 0.6 is 0 Å². The number of carboxylic acids is 1. The largest absolute Gasteiger partial charge is 0.496 e. The van der Waals surface area contributed by atoms with E-state index >= 15 is 0 Å². The van der Waals surface area contributed by atoms with Gasteiger partial charge in [0.25, 0.3) is 5.91 Å². The van der Waals surface area contributed by atoms with Gasteiger partial charge in [0, 0.05) is 13.1 Å². The van der Waals surface area contributed by atoms with Crippen molar-refractivity contribution in [3.8, 4) is 5.75 Å². The molecule has 22 heavy (non-hydrogen) atoms. The lowest BCUT2D eigenvalue weighted by Gasteiger charge is -2.28. The van der Waals surface area contributed by atoms with Crippen molar-refractivity contribution in [2.45, 2.75) is 20.3 Å². The number of hydrogen-bond donors (Lipinski definition) is 1. The topological polar surface area (TPSA) is 66.8 Å². The molecule has 0 radical (unpaired) electrons. The number of methoxy groups -OCH3 is 1. The van der Waals surface area contributed by atoms with E-state index in [0.29, 0.717) is 13.0 Å². The Hall–Kier alpha value is -2.11. The van der Waals surface area contributed by atoms with Gasteiger partial charge < -0.3 is 14.7 Å². The molecule has 1 atom stereocenters. The van der Waals surface area contributed by atoms with Crippen LogP contribution in [0.25, 0.3) is 0 Å². The van der Waals surface area contributed by atoms with E-state index in [1.807, 2.05) is 13.8 Å². The lowest BCUT2D eigenvalue weighted by Crippen LogP contribution is -2.40. The van der Waals surface area contributed by atoms with Gasteiger partial charge in [0.2, 0.25) is 0 Å². The van der Waals surface area contributed by atoms with Crippen LogP contribution in [-0.2, 0) is 4.79 Å². The predicted molar refractivity (Wildman–Crippen MR) is 78.4 cm³/mol. The highest BCUT2D eigenvalue weighted by Gasteiger charge is 2.48. The minimum Gasteiger partial charge on any atom is -0.496 e. The van der Waals surface area contributed by atoms with Gasteiger partial charge in [-0.05, 0) is 30.5 Å². The molecule has 1 heterocycles. The van der Waals surface area contributed by atoms with Gasteiger partial charge >= 0.3 is 5.97 Å². The van der Waals surface area contributed by atoms with Crippen molar-refractivity contribution in [3.05, 3.63) is 29.6 Å². The molecule has 1 aliphatic rings. The summed E-state index contributed by atoms with van der Waals surface area (Å²) in [5.41, 5.74) is -0.830. The smallest absolute Gasteiger partial charge is 0.311 e. The fraction of sp³-hybridized carbons (Fsp3) is 0.500. The SMILES string of the molecule is COc1ccc(F)cc1C(=O)N1CCC(C(=O)O)(C(C)C)C1. The summed E-state index contributed by atoms with van der Waals surface area (Å²) in [6, 6.07) is 3.73. The van der Waals surface area contributed by atoms with Gasteiger partial charge in [0.1, 0.15) is 11.6 Å². The molecule has 0 aromatic heterocycles. The fourth-order valence-corrected chi connectivity index (χ4v) is 2.92. The number of benzene rings is 1. The molecular formula is C16H20FNO4. The molecule has 0 saturated carbocycles. The predicted octanol–water partition coefficient (Wildman–Crippen LogP) is 2.41. The van der Waals surface area contributed by atoms with Crippen LogP contribution in [0.4, 0.5) is 4.39 Å². The molecule has 1 N–H and O–H groups in total. The Morgan fingerprint density at radius 3 is 2.59 bits per heavy atom. The number of carbonyl (C=O) groups is 2. The number of rotatable bonds is 4. The van der Waals surface area contributed by atoms with Gasteiger partial charge in [-0.25, -0.2) is 4.39 Å². The van der Waals surface area contributed by atoms with Crippen molar-refractivity contribution in [2.24, 2.45) is 11.3 Å². The van der Waals surface area contributed by atoms with Crippen LogP contribution in [0.3, 0.4) is 0 Å². The zero-order valence-electron chi connectivity index (χ0n) is 12.9. The summed E-state index contributed by atoms with van der Waals surface area (Å²) in [6.45, 7) is 4.14. The van der Waals surface area contributed by atoms with Crippen molar-refractivity contribution >= 4 is 11.9 Å². The van der Waals surface area contributed by atoms with Gasteiger partial charge in [-0.2, -0.15) is 0 Å². The number of carbonyl (C=O) groups excluding carboxylic acids is 1. The van der Waals surface area contributed by atoms with E-state index in [0.717, 1.165) is 6.07 Å². The molecule has 5 nitrogen and oxygen atoms in total. The molecule has 1 saturated heterocycles. The average molecular weight is 309 g/mol. The lowest BCUT2D eigenvalue weighted by atomic mass is 9.76. The minimum atomic E-state index is -0.948. The first-order chi connectivity index (χ1) is 10.3. The Morgan fingerprint density at radius 2 is 2.09 bits per heavy atom. The Labute approximate surface area is 128 Å². The second-order valence-corrected chi connectivity index (χ2v) is 5.94. The molecule has 6 heteroatoms. The minimum absolute atomic E-state index is 0.0998. The number of nitrogens with zero attached hydrogens (tertiary/aromatic N) is 1. The summed E-state index contributed by atoms with van der Waals surface area (Å²) in [6.07, 6.45) is 0.392. The van der Waals surface area contributed by atoms with Crippen molar-refractivity contribution in [2.75, 3.05) is 20.2 Å². The van der Waals surface area contributed by atoms with Crippen LogP contribution in [-0.4, -0.2) is 42.1 Å². The zero-order chi connectivity index (χ0) is 16.5.